The molecule has 5 heterocycles. The summed E-state index contributed by atoms with van der Waals surface area (Å²) in [4.78, 5) is 21.9. The molecule has 0 saturated carbocycles. The van der Waals surface area contributed by atoms with Gasteiger partial charge in [-0.25, -0.2) is 4.52 Å². The van der Waals surface area contributed by atoms with Crippen LogP contribution in [-0.4, -0.2) is 56.5 Å². The summed E-state index contributed by atoms with van der Waals surface area (Å²) in [6.07, 6.45) is 16.8. The van der Waals surface area contributed by atoms with Crippen molar-refractivity contribution in [2.75, 3.05) is 26.2 Å². The van der Waals surface area contributed by atoms with Gasteiger partial charge >= 0.3 is 0 Å². The van der Waals surface area contributed by atoms with E-state index in [-0.39, 0.29) is 5.91 Å². The Balaban J connectivity index is 1.41. The second-order valence-corrected chi connectivity index (χ2v) is 8.88. The highest BCUT2D eigenvalue weighted by atomic mass is 16.2. The Hall–Kier alpha value is -3.45. The lowest BCUT2D eigenvalue weighted by Crippen LogP contribution is -2.30. The van der Waals surface area contributed by atoms with Crippen LogP contribution < -0.4 is 5.32 Å². The highest BCUT2D eigenvalue weighted by molar-refractivity contribution is 5.99. The summed E-state index contributed by atoms with van der Waals surface area (Å²) < 4.78 is 1.84. The SMILES string of the molecule is CCNC[C@@H]1CCN(C2=CN3C(=O)\C=C(c4cc5c(C)nc(C)cn5n4)/C=C/C=C/3C=C2)C1. The molecular formula is C26H30N6O. The van der Waals surface area contributed by atoms with E-state index in [1.54, 1.807) is 11.0 Å². The minimum Gasteiger partial charge on any atom is -0.370 e. The fourth-order valence-electron chi connectivity index (χ4n) is 4.69. The molecule has 1 fully saturated rings. The summed E-state index contributed by atoms with van der Waals surface area (Å²) in [5.41, 5.74) is 6.27. The van der Waals surface area contributed by atoms with E-state index in [1.165, 1.54) is 6.42 Å². The molecule has 5 rings (SSSR count). The number of allylic oxidation sites excluding steroid dienone is 6. The molecule has 0 spiro atoms. The van der Waals surface area contributed by atoms with Gasteiger partial charge in [0.05, 0.1) is 34.5 Å². The summed E-state index contributed by atoms with van der Waals surface area (Å²) in [5, 5.41) is 8.15. The Morgan fingerprint density at radius 2 is 2.03 bits per heavy atom. The van der Waals surface area contributed by atoms with Gasteiger partial charge in [-0.2, -0.15) is 5.10 Å². The minimum atomic E-state index is -0.0751. The third kappa shape index (κ3) is 4.28. The smallest absolute Gasteiger partial charge is 0.255 e. The van der Waals surface area contributed by atoms with Crippen molar-refractivity contribution in [1.82, 2.24) is 29.7 Å². The van der Waals surface area contributed by atoms with Gasteiger partial charge in [0.2, 0.25) is 0 Å². The number of fused-ring (bicyclic) bond motifs is 2. The zero-order chi connectivity index (χ0) is 22.9. The average molecular weight is 443 g/mol. The number of hydrogen-bond donors (Lipinski definition) is 1. The van der Waals surface area contributed by atoms with E-state index in [0.29, 0.717) is 5.92 Å². The molecule has 0 unspecified atom stereocenters. The normalized spacial score (nSPS) is 24.6. The van der Waals surface area contributed by atoms with E-state index in [4.69, 9.17) is 5.10 Å². The van der Waals surface area contributed by atoms with Crippen LogP contribution in [0, 0.1) is 19.8 Å². The molecule has 7 heteroatoms. The lowest BCUT2D eigenvalue weighted by molar-refractivity contribution is -0.122. The largest absolute Gasteiger partial charge is 0.370 e. The Bertz CT molecular complexity index is 1240. The Labute approximate surface area is 194 Å². The van der Waals surface area contributed by atoms with E-state index in [1.807, 2.05) is 61.1 Å². The maximum atomic E-state index is 13.3. The van der Waals surface area contributed by atoms with E-state index < -0.39 is 0 Å². The summed E-state index contributed by atoms with van der Waals surface area (Å²) in [6, 6.07) is 1.99. The number of aryl methyl sites for hydroxylation is 2. The molecule has 2 aromatic rings. The summed E-state index contributed by atoms with van der Waals surface area (Å²) >= 11 is 0. The molecule has 0 bridgehead atoms. The first kappa shape index (κ1) is 21.4. The van der Waals surface area contributed by atoms with Crippen LogP contribution in [0.2, 0.25) is 0 Å². The lowest BCUT2D eigenvalue weighted by Gasteiger charge is -2.28. The fourth-order valence-corrected chi connectivity index (χ4v) is 4.69. The van der Waals surface area contributed by atoms with Crippen molar-refractivity contribution in [1.29, 1.82) is 0 Å². The number of carbonyl (C=O) groups is 1. The van der Waals surface area contributed by atoms with Crippen LogP contribution in [-0.2, 0) is 4.79 Å². The summed E-state index contributed by atoms with van der Waals surface area (Å²) in [6.45, 7) is 10.1. The first-order chi connectivity index (χ1) is 16.0. The minimum absolute atomic E-state index is 0.0751. The number of likely N-dealkylation sites (tertiary alicyclic amines) is 1. The van der Waals surface area contributed by atoms with Gasteiger partial charge in [0.25, 0.3) is 5.91 Å². The molecule has 0 radical (unpaired) electrons. The first-order valence-electron chi connectivity index (χ1n) is 11.6. The van der Waals surface area contributed by atoms with Crippen molar-refractivity contribution in [3.63, 3.8) is 0 Å². The van der Waals surface area contributed by atoms with Crippen molar-refractivity contribution >= 4 is 17.0 Å². The average Bonchev–Trinajstić information content (AvgIpc) is 3.43. The number of carbonyl (C=O) groups excluding carboxylic acids is 1. The fraction of sp³-hybridized carbons (Fsp3) is 0.346. The van der Waals surface area contributed by atoms with E-state index >= 15 is 0 Å². The number of nitrogens with one attached hydrogen (secondary N) is 1. The van der Waals surface area contributed by atoms with Gasteiger partial charge in [-0.3, -0.25) is 14.7 Å². The van der Waals surface area contributed by atoms with Crippen LogP contribution in [0.5, 0.6) is 0 Å². The number of aromatic nitrogens is 3. The second-order valence-electron chi connectivity index (χ2n) is 8.88. The van der Waals surface area contributed by atoms with Gasteiger partial charge in [0.15, 0.2) is 0 Å². The third-order valence-corrected chi connectivity index (χ3v) is 6.41. The maximum Gasteiger partial charge on any atom is 0.255 e. The monoisotopic (exact) mass is 442 g/mol. The van der Waals surface area contributed by atoms with Crippen LogP contribution in [0.1, 0.15) is 30.4 Å². The molecule has 33 heavy (non-hydrogen) atoms. The van der Waals surface area contributed by atoms with Crippen molar-refractivity contribution < 1.29 is 4.79 Å². The molecule has 0 aromatic carbocycles. The van der Waals surface area contributed by atoms with E-state index in [0.717, 1.165) is 65.7 Å². The first-order valence-corrected chi connectivity index (χ1v) is 11.6. The molecule has 1 amide bonds. The topological polar surface area (TPSA) is 65.8 Å². The molecule has 1 saturated heterocycles. The quantitative estimate of drug-likeness (QED) is 0.769. The zero-order valence-electron chi connectivity index (χ0n) is 19.5. The molecule has 0 aliphatic carbocycles. The third-order valence-electron chi connectivity index (χ3n) is 6.41. The van der Waals surface area contributed by atoms with Crippen LogP contribution >= 0.6 is 0 Å². The van der Waals surface area contributed by atoms with Crippen LogP contribution in [0.15, 0.2) is 66.3 Å². The van der Waals surface area contributed by atoms with Crippen molar-refractivity contribution in [2.24, 2.45) is 5.92 Å². The van der Waals surface area contributed by atoms with Crippen molar-refractivity contribution in [3.05, 3.63) is 83.4 Å². The van der Waals surface area contributed by atoms with E-state index in [2.05, 4.69) is 28.2 Å². The summed E-state index contributed by atoms with van der Waals surface area (Å²) in [5.74, 6) is 0.569. The van der Waals surface area contributed by atoms with E-state index in [9.17, 15) is 4.79 Å². The second kappa shape index (κ2) is 8.83. The van der Waals surface area contributed by atoms with Gasteiger partial charge < -0.3 is 10.2 Å². The van der Waals surface area contributed by atoms with Crippen LogP contribution in [0.25, 0.3) is 11.1 Å². The highest BCUT2D eigenvalue weighted by Gasteiger charge is 2.26. The maximum absolute atomic E-state index is 13.3. The molecule has 3 aliphatic heterocycles. The molecule has 170 valence electrons. The van der Waals surface area contributed by atoms with Gasteiger partial charge in [-0.05, 0) is 63.6 Å². The molecule has 1 N–H and O–H groups in total. The zero-order valence-corrected chi connectivity index (χ0v) is 19.5. The lowest BCUT2D eigenvalue weighted by atomic mass is 10.1. The van der Waals surface area contributed by atoms with Crippen molar-refractivity contribution in [3.8, 4) is 0 Å². The summed E-state index contributed by atoms with van der Waals surface area (Å²) in [7, 11) is 0. The van der Waals surface area contributed by atoms with Gasteiger partial charge in [0, 0.05) is 36.6 Å². The predicted octanol–water partition coefficient (Wildman–Crippen LogP) is 3.35. The van der Waals surface area contributed by atoms with Gasteiger partial charge in [0.1, 0.15) is 0 Å². The Morgan fingerprint density at radius 1 is 1.18 bits per heavy atom. The molecule has 3 aliphatic rings. The molecular weight excluding hydrogens is 412 g/mol. The Morgan fingerprint density at radius 3 is 2.88 bits per heavy atom. The predicted molar refractivity (Wildman–Crippen MR) is 130 cm³/mol. The molecule has 2 aromatic heterocycles. The van der Waals surface area contributed by atoms with Crippen LogP contribution in [0.4, 0.5) is 0 Å². The number of nitrogens with zero attached hydrogens (tertiary/aromatic N) is 5. The van der Waals surface area contributed by atoms with Gasteiger partial charge in [-0.1, -0.05) is 19.1 Å². The standard InChI is InChI=1S/C26H30N6O/c1-4-27-14-20-10-11-30(16-20)23-9-8-22-7-5-6-21(12-26(33)31(22)17-23)24-13-25-19(3)28-18(2)15-32(25)29-24/h5-9,12-13,15,17,20,27H,4,10-11,14,16H2,1-3H3/b6-5+,21-12+,22-7+/t20-/m0/s1. The number of rotatable bonds is 5. The highest BCUT2D eigenvalue weighted by Crippen LogP contribution is 2.28. The Kier molecular flexibility index (Phi) is 5.72. The van der Waals surface area contributed by atoms with Crippen molar-refractivity contribution in [2.45, 2.75) is 27.2 Å². The molecule has 1 atom stereocenters. The van der Waals surface area contributed by atoms with Gasteiger partial charge in [-0.15, -0.1) is 0 Å². The number of hydrogen-bond acceptors (Lipinski definition) is 5. The van der Waals surface area contributed by atoms with Crippen LogP contribution in [0.3, 0.4) is 0 Å². The number of amides is 1. The molecule has 7 nitrogen and oxygen atoms in total.